The van der Waals surface area contributed by atoms with E-state index in [0.29, 0.717) is 12.0 Å². The molecule has 0 spiro atoms. The summed E-state index contributed by atoms with van der Waals surface area (Å²) in [6, 6.07) is 23.0. The number of unbranched alkanes of at least 4 members (excludes halogenated alkanes) is 22. The van der Waals surface area contributed by atoms with Gasteiger partial charge >= 0.3 is 0 Å². The van der Waals surface area contributed by atoms with E-state index in [0.717, 1.165) is 12.8 Å². The van der Waals surface area contributed by atoms with Crippen molar-refractivity contribution in [3.8, 4) is 0 Å². The Hall–Kier alpha value is -2.35. The highest BCUT2D eigenvalue weighted by atomic mass is 15.2. The van der Waals surface area contributed by atoms with E-state index < -0.39 is 0 Å². The molecule has 0 aliphatic rings. The molecular weight excluding hydrogens is 617 g/mol. The van der Waals surface area contributed by atoms with Gasteiger partial charge in [-0.3, -0.25) is 0 Å². The number of aryl methyl sites for hydroxylation is 1. The Morgan fingerprint density at radius 1 is 0.510 bits per heavy atom. The third-order valence-corrected chi connectivity index (χ3v) is 11.6. The van der Waals surface area contributed by atoms with E-state index in [9.17, 15) is 0 Å². The molecular formula is C49H81N2+. The second kappa shape index (κ2) is 29.1. The summed E-state index contributed by atoms with van der Waals surface area (Å²) in [7, 11) is 0. The summed E-state index contributed by atoms with van der Waals surface area (Å²) < 4.78 is 5.31. The molecule has 0 aliphatic heterocycles. The molecule has 0 saturated carbocycles. The van der Waals surface area contributed by atoms with E-state index in [4.69, 9.17) is 0 Å². The van der Waals surface area contributed by atoms with Crippen molar-refractivity contribution < 1.29 is 4.57 Å². The van der Waals surface area contributed by atoms with Gasteiger partial charge in [0.15, 0.2) is 0 Å². The van der Waals surface area contributed by atoms with Gasteiger partial charge < -0.3 is 0 Å². The van der Waals surface area contributed by atoms with Crippen LogP contribution < -0.4 is 4.57 Å². The summed E-state index contributed by atoms with van der Waals surface area (Å²) in [5.74, 6) is 2.09. The standard InChI is InChI=1S/C49H81N2/c1-4-6-8-10-12-14-16-17-18-20-22-24-28-34-45(3)51-43-42-50(41-33-25-23-21-19-15-13-11-9-7-5-2)49(51)40-39-48(47-37-31-27-32-38-47)44-46-35-29-26-30-36-46/h26-27,29-32,35-38,42-43,45,48H,4-25,28,33-34,39-41,44H2,1-3H3/q+1. The predicted octanol–water partition coefficient (Wildman–Crippen LogP) is 15.1. The SMILES string of the molecule is CCCCCCCCCCCCCCCC(C)n1cc[n+](CCCCCCCCCCCCC)c1CCC(Cc1ccccc1)c1ccccc1. The van der Waals surface area contributed by atoms with Gasteiger partial charge in [0.25, 0.3) is 5.82 Å². The van der Waals surface area contributed by atoms with E-state index in [2.05, 4.69) is 103 Å². The summed E-state index contributed by atoms with van der Waals surface area (Å²) >= 11 is 0. The van der Waals surface area contributed by atoms with Gasteiger partial charge in [-0.15, -0.1) is 0 Å². The quantitative estimate of drug-likeness (QED) is 0.0442. The van der Waals surface area contributed by atoms with E-state index in [-0.39, 0.29) is 0 Å². The zero-order valence-electron chi connectivity index (χ0n) is 34.0. The van der Waals surface area contributed by atoms with Gasteiger partial charge in [-0.25, -0.2) is 9.13 Å². The third kappa shape index (κ3) is 19.3. The summed E-state index contributed by atoms with van der Waals surface area (Å²) in [5, 5.41) is 0. The van der Waals surface area contributed by atoms with Gasteiger partial charge in [0.1, 0.15) is 12.4 Å². The summed E-state index contributed by atoms with van der Waals surface area (Å²) in [4.78, 5) is 0. The van der Waals surface area contributed by atoms with Crippen LogP contribution in [0, 0.1) is 0 Å². The highest BCUT2D eigenvalue weighted by molar-refractivity contribution is 5.24. The molecule has 2 aromatic carbocycles. The molecule has 0 radical (unpaired) electrons. The average molecular weight is 698 g/mol. The minimum atomic E-state index is 0.531. The first-order valence-corrected chi connectivity index (χ1v) is 22.4. The molecule has 0 fully saturated rings. The number of nitrogens with zero attached hydrogens (tertiary/aromatic N) is 2. The number of rotatable bonds is 33. The molecule has 51 heavy (non-hydrogen) atoms. The number of hydrogen-bond donors (Lipinski definition) is 0. The van der Waals surface area contributed by atoms with Crippen molar-refractivity contribution in [1.82, 2.24) is 4.57 Å². The minimum absolute atomic E-state index is 0.531. The minimum Gasteiger partial charge on any atom is -0.234 e. The Balaban J connectivity index is 1.49. The van der Waals surface area contributed by atoms with Crippen molar-refractivity contribution >= 4 is 0 Å². The predicted molar refractivity (Wildman–Crippen MR) is 224 cm³/mol. The fourth-order valence-corrected chi connectivity index (χ4v) is 8.21. The molecule has 1 aromatic heterocycles. The Morgan fingerprint density at radius 3 is 1.47 bits per heavy atom. The van der Waals surface area contributed by atoms with Crippen molar-refractivity contribution in [3.63, 3.8) is 0 Å². The highest BCUT2D eigenvalue weighted by Gasteiger charge is 2.23. The molecule has 0 N–H and O–H groups in total. The number of benzene rings is 2. The van der Waals surface area contributed by atoms with Crippen LogP contribution in [0.3, 0.4) is 0 Å². The van der Waals surface area contributed by atoms with Gasteiger partial charge in [-0.05, 0) is 62.5 Å². The molecule has 2 unspecified atom stereocenters. The van der Waals surface area contributed by atoms with Gasteiger partial charge in [0.2, 0.25) is 0 Å². The Bertz CT molecular complexity index is 1180. The molecule has 2 nitrogen and oxygen atoms in total. The van der Waals surface area contributed by atoms with Gasteiger partial charge in [-0.1, -0.05) is 209 Å². The third-order valence-electron chi connectivity index (χ3n) is 11.6. The van der Waals surface area contributed by atoms with Crippen molar-refractivity contribution in [3.05, 3.63) is 90.0 Å². The second-order valence-electron chi connectivity index (χ2n) is 16.1. The zero-order valence-corrected chi connectivity index (χ0v) is 34.0. The van der Waals surface area contributed by atoms with Gasteiger partial charge in [0, 0.05) is 6.42 Å². The first kappa shape index (κ1) is 43.1. The first-order chi connectivity index (χ1) is 25.2. The van der Waals surface area contributed by atoms with Gasteiger partial charge in [-0.2, -0.15) is 0 Å². The number of hydrogen-bond acceptors (Lipinski definition) is 0. The summed E-state index contributed by atoms with van der Waals surface area (Å²) in [6.45, 7) is 8.27. The molecule has 1 heterocycles. The van der Waals surface area contributed by atoms with E-state index in [1.807, 2.05) is 0 Å². The number of aromatic nitrogens is 2. The smallest absolute Gasteiger partial charge is 0.234 e. The van der Waals surface area contributed by atoms with Crippen molar-refractivity contribution in [2.24, 2.45) is 0 Å². The van der Waals surface area contributed by atoms with Crippen LogP contribution in [0.5, 0.6) is 0 Å². The van der Waals surface area contributed by atoms with Crippen LogP contribution in [0.4, 0.5) is 0 Å². The molecule has 0 aliphatic carbocycles. The van der Waals surface area contributed by atoms with Crippen LogP contribution >= 0.6 is 0 Å². The molecule has 2 atom stereocenters. The molecule has 0 bridgehead atoms. The lowest BCUT2D eigenvalue weighted by atomic mass is 9.88. The van der Waals surface area contributed by atoms with E-state index >= 15 is 0 Å². The van der Waals surface area contributed by atoms with Crippen molar-refractivity contribution in [1.29, 1.82) is 0 Å². The fraction of sp³-hybridized carbons (Fsp3) is 0.694. The maximum absolute atomic E-state index is 2.67. The Kier molecular flexibility index (Phi) is 24.6. The molecule has 2 heteroatoms. The molecule has 0 amide bonds. The van der Waals surface area contributed by atoms with Crippen molar-refractivity contribution in [2.45, 2.75) is 219 Å². The largest absolute Gasteiger partial charge is 0.256 e. The van der Waals surface area contributed by atoms with E-state index in [1.54, 1.807) is 5.82 Å². The monoisotopic (exact) mass is 698 g/mol. The molecule has 286 valence electrons. The maximum atomic E-state index is 2.67. The maximum Gasteiger partial charge on any atom is 0.256 e. The van der Waals surface area contributed by atoms with Gasteiger partial charge in [0.05, 0.1) is 12.6 Å². The number of imidazole rings is 1. The van der Waals surface area contributed by atoms with E-state index in [1.165, 1.54) is 185 Å². The molecule has 3 rings (SSSR count). The van der Waals surface area contributed by atoms with Crippen LogP contribution in [-0.4, -0.2) is 4.57 Å². The summed E-state index contributed by atoms with van der Waals surface area (Å²) in [5.41, 5.74) is 2.93. The lowest BCUT2D eigenvalue weighted by molar-refractivity contribution is -0.704. The lowest BCUT2D eigenvalue weighted by Gasteiger charge is -2.18. The lowest BCUT2D eigenvalue weighted by Crippen LogP contribution is -2.38. The zero-order chi connectivity index (χ0) is 36.0. The molecule has 3 aromatic rings. The highest BCUT2D eigenvalue weighted by Crippen LogP contribution is 2.27. The van der Waals surface area contributed by atoms with Crippen molar-refractivity contribution in [2.75, 3.05) is 0 Å². The van der Waals surface area contributed by atoms with Crippen LogP contribution in [0.25, 0.3) is 0 Å². The normalized spacial score (nSPS) is 12.8. The second-order valence-corrected chi connectivity index (χ2v) is 16.1. The van der Waals surface area contributed by atoms with Crippen LogP contribution in [0.1, 0.15) is 217 Å². The molecule has 0 saturated heterocycles. The van der Waals surface area contributed by atoms with Crippen LogP contribution in [-0.2, 0) is 19.4 Å². The average Bonchev–Trinajstić information content (AvgIpc) is 3.57. The topological polar surface area (TPSA) is 8.81 Å². The first-order valence-electron chi connectivity index (χ1n) is 22.4. The van der Waals surface area contributed by atoms with Crippen LogP contribution in [0.2, 0.25) is 0 Å². The fourth-order valence-electron chi connectivity index (χ4n) is 8.21. The Labute approximate surface area is 317 Å². The van der Waals surface area contributed by atoms with Crippen LogP contribution in [0.15, 0.2) is 73.1 Å². The summed E-state index contributed by atoms with van der Waals surface area (Å²) in [6.07, 6.45) is 43.5. The Morgan fingerprint density at radius 2 is 0.961 bits per heavy atom.